The predicted octanol–water partition coefficient (Wildman–Crippen LogP) is 4.23. The number of nitrogens with one attached hydrogen (secondary N) is 2. The molecule has 1 aliphatic heterocycles. The highest BCUT2D eigenvalue weighted by molar-refractivity contribution is 7.99. The molecule has 0 saturated heterocycles. The minimum Gasteiger partial charge on any atom is -0.497 e. The van der Waals surface area contributed by atoms with E-state index in [-0.39, 0.29) is 11.3 Å². The van der Waals surface area contributed by atoms with Gasteiger partial charge in [-0.15, -0.1) is 0 Å². The summed E-state index contributed by atoms with van der Waals surface area (Å²) in [5.74, 6) is 0.981. The van der Waals surface area contributed by atoms with Gasteiger partial charge in [0.25, 0.3) is 5.56 Å². The number of ketones is 1. The number of rotatable bonds is 5. The smallest absolute Gasteiger partial charge is 0.257 e. The Bertz CT molecular complexity index is 1030. The van der Waals surface area contributed by atoms with E-state index >= 15 is 0 Å². The summed E-state index contributed by atoms with van der Waals surface area (Å²) >= 11 is 1.56. The van der Waals surface area contributed by atoms with E-state index in [9.17, 15) is 9.59 Å². The highest BCUT2D eigenvalue weighted by Crippen LogP contribution is 2.43. The van der Waals surface area contributed by atoms with Gasteiger partial charge in [0.2, 0.25) is 0 Å². The van der Waals surface area contributed by atoms with Gasteiger partial charge in [0.05, 0.1) is 12.7 Å². The first-order valence-electron chi connectivity index (χ1n) is 9.99. The maximum Gasteiger partial charge on any atom is 0.257 e. The van der Waals surface area contributed by atoms with Crippen molar-refractivity contribution in [3.63, 3.8) is 0 Å². The van der Waals surface area contributed by atoms with Crippen molar-refractivity contribution in [3.05, 3.63) is 57.0 Å². The third kappa shape index (κ3) is 3.71. The summed E-state index contributed by atoms with van der Waals surface area (Å²) in [6.45, 7) is 4.22. The minimum absolute atomic E-state index is 0.0997. The van der Waals surface area contributed by atoms with Gasteiger partial charge in [-0.3, -0.25) is 9.59 Å². The van der Waals surface area contributed by atoms with Crippen molar-refractivity contribution < 1.29 is 9.53 Å². The van der Waals surface area contributed by atoms with E-state index < -0.39 is 5.92 Å². The number of aromatic nitrogens is 2. The molecule has 7 heteroatoms. The van der Waals surface area contributed by atoms with Crippen molar-refractivity contribution in [1.82, 2.24) is 9.97 Å². The number of allylic oxidation sites excluding steroid dienone is 2. The number of benzene rings is 1. The monoisotopic (exact) mass is 411 g/mol. The standard InChI is InChI=1S/C22H25N3O3S/c1-4-12(2)29-22-24-20-19(21(27)25-22)17(13-8-10-14(28-3)11-9-13)18-15(23-20)6-5-7-16(18)26/h8-12,17H,4-7H2,1-3H3,(H2,23,24,25,27)/t12-,17-/m1/s1. The molecule has 4 rings (SSSR count). The molecule has 2 aliphatic rings. The number of carbonyl (C=O) groups excluding carboxylic acids is 1. The summed E-state index contributed by atoms with van der Waals surface area (Å²) in [6.07, 6.45) is 3.09. The lowest BCUT2D eigenvalue weighted by Gasteiger charge is -2.32. The molecule has 0 unspecified atom stereocenters. The molecule has 2 N–H and O–H groups in total. The van der Waals surface area contributed by atoms with Crippen LogP contribution in [0.2, 0.25) is 0 Å². The average Bonchev–Trinajstić information content (AvgIpc) is 2.72. The number of methoxy groups -OCH3 is 1. The number of fused-ring (bicyclic) bond motifs is 1. The van der Waals surface area contributed by atoms with Gasteiger partial charge in [0, 0.05) is 28.9 Å². The molecule has 6 nitrogen and oxygen atoms in total. The maximum atomic E-state index is 13.1. The van der Waals surface area contributed by atoms with Crippen molar-refractivity contribution >= 4 is 23.4 Å². The van der Waals surface area contributed by atoms with Crippen LogP contribution in [-0.4, -0.2) is 28.1 Å². The van der Waals surface area contributed by atoms with Gasteiger partial charge in [0.15, 0.2) is 10.9 Å². The van der Waals surface area contributed by atoms with Crippen LogP contribution in [0, 0.1) is 0 Å². The fourth-order valence-electron chi connectivity index (χ4n) is 3.90. The summed E-state index contributed by atoms with van der Waals surface area (Å²) in [4.78, 5) is 33.6. The van der Waals surface area contributed by atoms with Gasteiger partial charge in [-0.25, -0.2) is 4.98 Å². The zero-order valence-corrected chi connectivity index (χ0v) is 17.7. The number of thioether (sulfide) groups is 1. The van der Waals surface area contributed by atoms with E-state index in [2.05, 4.69) is 24.1 Å². The van der Waals surface area contributed by atoms with Gasteiger partial charge >= 0.3 is 0 Å². The van der Waals surface area contributed by atoms with E-state index in [1.807, 2.05) is 24.3 Å². The third-order valence-corrected chi connectivity index (χ3v) is 6.73. The van der Waals surface area contributed by atoms with Gasteiger partial charge < -0.3 is 15.0 Å². The van der Waals surface area contributed by atoms with E-state index in [0.29, 0.717) is 33.8 Å². The second kappa shape index (κ2) is 8.06. The fourth-order valence-corrected chi connectivity index (χ4v) is 4.74. The molecule has 0 fully saturated rings. The van der Waals surface area contributed by atoms with Crippen LogP contribution in [0.15, 0.2) is 45.5 Å². The average molecular weight is 412 g/mol. The van der Waals surface area contributed by atoms with Crippen LogP contribution < -0.4 is 15.6 Å². The zero-order valence-electron chi connectivity index (χ0n) is 16.9. The molecule has 29 heavy (non-hydrogen) atoms. The number of nitrogens with zero attached hydrogens (tertiary/aromatic N) is 1. The Balaban J connectivity index is 1.86. The molecule has 1 aromatic carbocycles. The lowest BCUT2D eigenvalue weighted by molar-refractivity contribution is -0.116. The Labute approximate surface area is 174 Å². The Hall–Kier alpha value is -2.54. The molecule has 0 amide bonds. The van der Waals surface area contributed by atoms with E-state index in [1.165, 1.54) is 0 Å². The second-order valence-electron chi connectivity index (χ2n) is 7.47. The number of anilines is 1. The molecule has 0 saturated carbocycles. The highest BCUT2D eigenvalue weighted by atomic mass is 32.2. The summed E-state index contributed by atoms with van der Waals surface area (Å²) in [5.41, 5.74) is 2.80. The van der Waals surface area contributed by atoms with Gasteiger partial charge in [-0.2, -0.15) is 0 Å². The Morgan fingerprint density at radius 1 is 1.24 bits per heavy atom. The molecule has 0 radical (unpaired) electrons. The molecule has 1 aliphatic carbocycles. The van der Waals surface area contributed by atoms with Crippen LogP contribution in [0.4, 0.5) is 5.82 Å². The van der Waals surface area contributed by atoms with Crippen LogP contribution in [0.1, 0.15) is 56.6 Å². The first kappa shape index (κ1) is 19.8. The van der Waals surface area contributed by atoms with Crippen molar-refractivity contribution in [3.8, 4) is 5.75 Å². The van der Waals surface area contributed by atoms with E-state index in [4.69, 9.17) is 9.72 Å². The molecule has 0 bridgehead atoms. The van der Waals surface area contributed by atoms with Crippen LogP contribution >= 0.6 is 11.8 Å². The predicted molar refractivity (Wildman–Crippen MR) is 115 cm³/mol. The minimum atomic E-state index is -0.418. The van der Waals surface area contributed by atoms with E-state index in [0.717, 1.165) is 36.3 Å². The van der Waals surface area contributed by atoms with Crippen LogP contribution in [0.5, 0.6) is 5.75 Å². The molecule has 2 atom stereocenters. The van der Waals surface area contributed by atoms with Crippen molar-refractivity contribution in [1.29, 1.82) is 0 Å². The molecule has 2 aromatic rings. The van der Waals surface area contributed by atoms with Crippen LogP contribution in [0.3, 0.4) is 0 Å². The zero-order chi connectivity index (χ0) is 20.5. The quantitative estimate of drug-likeness (QED) is 0.566. The Morgan fingerprint density at radius 2 is 2.00 bits per heavy atom. The van der Waals surface area contributed by atoms with Crippen molar-refractivity contribution in [2.24, 2.45) is 0 Å². The number of Topliss-reactive ketones (excluding diaryl/α,β-unsaturated/α-hetero) is 1. The normalized spacial score (nSPS) is 19.3. The molecule has 1 aromatic heterocycles. The van der Waals surface area contributed by atoms with Gasteiger partial charge in [-0.05, 0) is 37.0 Å². The summed E-state index contributed by atoms with van der Waals surface area (Å²) < 4.78 is 5.27. The van der Waals surface area contributed by atoms with E-state index in [1.54, 1.807) is 18.9 Å². The molecular formula is C22H25N3O3S. The summed E-state index contributed by atoms with van der Waals surface area (Å²) in [6, 6.07) is 7.57. The SMILES string of the molecule is CC[C@@H](C)Sc1nc2c(c(=O)[nH]1)[C@H](c1ccc(OC)cc1)C1=C(CCCC1=O)N2. The first-order valence-corrected chi connectivity index (χ1v) is 10.9. The molecule has 152 valence electrons. The molecule has 2 heterocycles. The number of ether oxygens (including phenoxy) is 1. The van der Waals surface area contributed by atoms with Crippen molar-refractivity contribution in [2.75, 3.05) is 12.4 Å². The highest BCUT2D eigenvalue weighted by Gasteiger charge is 2.37. The van der Waals surface area contributed by atoms with Gasteiger partial charge in [-0.1, -0.05) is 37.7 Å². The largest absolute Gasteiger partial charge is 0.497 e. The number of aromatic amines is 1. The summed E-state index contributed by atoms with van der Waals surface area (Å²) in [5, 5.41) is 4.27. The van der Waals surface area contributed by atoms with Crippen LogP contribution in [-0.2, 0) is 4.79 Å². The topological polar surface area (TPSA) is 84.1 Å². The number of H-pyrrole nitrogens is 1. The number of hydrogen-bond acceptors (Lipinski definition) is 6. The number of hydrogen-bond donors (Lipinski definition) is 2. The second-order valence-corrected chi connectivity index (χ2v) is 8.90. The molecular weight excluding hydrogens is 386 g/mol. The van der Waals surface area contributed by atoms with Gasteiger partial charge in [0.1, 0.15) is 11.6 Å². The lowest BCUT2D eigenvalue weighted by atomic mass is 9.76. The Morgan fingerprint density at radius 3 is 2.69 bits per heavy atom. The first-order chi connectivity index (χ1) is 14.0. The lowest BCUT2D eigenvalue weighted by Crippen LogP contribution is -2.32. The van der Waals surface area contributed by atoms with Crippen LogP contribution in [0.25, 0.3) is 0 Å². The summed E-state index contributed by atoms with van der Waals surface area (Å²) in [7, 11) is 1.62. The number of carbonyl (C=O) groups is 1. The Kier molecular flexibility index (Phi) is 5.50. The fraction of sp³-hybridized carbons (Fsp3) is 0.409. The maximum absolute atomic E-state index is 13.1. The molecule has 0 spiro atoms. The van der Waals surface area contributed by atoms with Crippen molar-refractivity contribution in [2.45, 2.75) is 55.9 Å². The third-order valence-electron chi connectivity index (χ3n) is 5.57.